The Hall–Kier alpha value is -0.450. The van der Waals surface area contributed by atoms with Crippen molar-refractivity contribution in [1.29, 1.82) is 0 Å². The molecule has 2 N–H and O–H groups in total. The van der Waals surface area contributed by atoms with Gasteiger partial charge < -0.3 is 10.6 Å². The fraction of sp³-hybridized carbons (Fsp3) is 0.667. The van der Waals surface area contributed by atoms with E-state index in [4.69, 9.17) is 5.73 Å². The summed E-state index contributed by atoms with van der Waals surface area (Å²) in [5, 5.41) is 3.10. The van der Waals surface area contributed by atoms with Gasteiger partial charge in [-0.15, -0.1) is 11.3 Å². The summed E-state index contributed by atoms with van der Waals surface area (Å²) in [5.74, 6) is 0. The Morgan fingerprint density at radius 2 is 2.23 bits per heavy atom. The summed E-state index contributed by atoms with van der Waals surface area (Å²) in [4.78, 5) is 6.63. The molecule has 0 aliphatic carbocycles. The van der Waals surface area contributed by atoms with Gasteiger partial charge in [-0.2, -0.15) is 0 Å². The van der Waals surface area contributed by atoms with E-state index in [9.17, 15) is 0 Å². The van der Waals surface area contributed by atoms with Crippen LogP contribution >= 0.6 is 11.3 Å². The van der Waals surface area contributed by atoms with Gasteiger partial charge in [0.1, 0.15) is 5.01 Å². The third-order valence-electron chi connectivity index (χ3n) is 2.74. The van der Waals surface area contributed by atoms with E-state index >= 15 is 0 Å². The maximum Gasteiger partial charge on any atom is 0.113 e. The fourth-order valence-electron chi connectivity index (χ4n) is 1.70. The summed E-state index contributed by atoms with van der Waals surface area (Å²) in [6.07, 6.45) is 3.89. The van der Waals surface area contributed by atoms with Crippen LogP contribution in [0.15, 0.2) is 11.6 Å². The highest BCUT2D eigenvalue weighted by Gasteiger charge is 2.33. The lowest BCUT2D eigenvalue weighted by molar-refractivity contribution is 0.191. The lowest BCUT2D eigenvalue weighted by atomic mass is 9.89. The number of rotatable bonds is 1. The number of likely N-dealkylation sites (tertiary alicyclic amines) is 1. The molecule has 1 aromatic heterocycles. The number of thiazole rings is 1. The number of hydrogen-bond donors (Lipinski definition) is 1. The highest BCUT2D eigenvalue weighted by molar-refractivity contribution is 7.09. The molecule has 2 heterocycles. The second kappa shape index (κ2) is 3.36. The van der Waals surface area contributed by atoms with Crippen molar-refractivity contribution in [2.45, 2.75) is 18.4 Å². The number of nitrogens with two attached hydrogens (primary N) is 1. The monoisotopic (exact) mass is 197 g/mol. The molecule has 0 saturated carbocycles. The Kier molecular flexibility index (Phi) is 2.36. The SMILES string of the molecule is CN1CCC(N)(c2nccs2)CC1. The summed E-state index contributed by atoms with van der Waals surface area (Å²) in [6, 6.07) is 0. The Bertz CT molecular complexity index is 262. The zero-order valence-corrected chi connectivity index (χ0v) is 8.68. The predicted molar refractivity (Wildman–Crippen MR) is 54.7 cm³/mol. The standard InChI is InChI=1S/C9H15N3S/c1-12-5-2-9(10,3-6-12)8-11-4-7-13-8/h4,7H,2-3,5-6,10H2,1H3. The minimum atomic E-state index is -0.152. The predicted octanol–water partition coefficient (Wildman–Crippen LogP) is 1.02. The van der Waals surface area contributed by atoms with Gasteiger partial charge in [0.15, 0.2) is 0 Å². The average molecular weight is 197 g/mol. The summed E-state index contributed by atoms with van der Waals surface area (Å²) in [5.41, 5.74) is 6.16. The normalized spacial score (nSPS) is 23.2. The van der Waals surface area contributed by atoms with Crippen LogP contribution < -0.4 is 5.73 Å². The first kappa shape index (κ1) is 9.12. The van der Waals surface area contributed by atoms with Crippen molar-refractivity contribution < 1.29 is 0 Å². The molecule has 1 aromatic rings. The molecule has 1 aliphatic rings. The smallest absolute Gasteiger partial charge is 0.113 e. The highest BCUT2D eigenvalue weighted by atomic mass is 32.1. The van der Waals surface area contributed by atoms with Crippen LogP contribution in [-0.4, -0.2) is 30.0 Å². The third kappa shape index (κ3) is 1.75. The van der Waals surface area contributed by atoms with E-state index < -0.39 is 0 Å². The Labute approximate surface area is 82.6 Å². The van der Waals surface area contributed by atoms with Gasteiger partial charge in [0, 0.05) is 11.6 Å². The van der Waals surface area contributed by atoms with Crippen molar-refractivity contribution in [2.24, 2.45) is 5.73 Å². The molecule has 0 unspecified atom stereocenters. The molecule has 2 rings (SSSR count). The first-order chi connectivity index (χ1) is 6.21. The molecular weight excluding hydrogens is 182 g/mol. The maximum absolute atomic E-state index is 6.31. The number of piperidine rings is 1. The Morgan fingerprint density at radius 3 is 2.77 bits per heavy atom. The topological polar surface area (TPSA) is 42.1 Å². The minimum Gasteiger partial charge on any atom is -0.319 e. The van der Waals surface area contributed by atoms with Gasteiger partial charge in [-0.3, -0.25) is 0 Å². The summed E-state index contributed by atoms with van der Waals surface area (Å²) >= 11 is 1.67. The number of nitrogens with zero attached hydrogens (tertiary/aromatic N) is 2. The zero-order valence-electron chi connectivity index (χ0n) is 7.86. The number of hydrogen-bond acceptors (Lipinski definition) is 4. The molecule has 13 heavy (non-hydrogen) atoms. The molecule has 72 valence electrons. The molecule has 1 saturated heterocycles. The average Bonchev–Trinajstić information content (AvgIpc) is 2.63. The summed E-state index contributed by atoms with van der Waals surface area (Å²) in [7, 11) is 2.14. The van der Waals surface area contributed by atoms with Crippen molar-refractivity contribution in [3.63, 3.8) is 0 Å². The van der Waals surface area contributed by atoms with Crippen LogP contribution in [0.2, 0.25) is 0 Å². The van der Waals surface area contributed by atoms with Crippen LogP contribution in [0.5, 0.6) is 0 Å². The van der Waals surface area contributed by atoms with Crippen LogP contribution in [0.3, 0.4) is 0 Å². The van der Waals surface area contributed by atoms with Crippen molar-refractivity contribution in [3.05, 3.63) is 16.6 Å². The van der Waals surface area contributed by atoms with E-state index in [1.54, 1.807) is 11.3 Å². The zero-order chi connectivity index (χ0) is 9.31. The van der Waals surface area contributed by atoms with Crippen LogP contribution in [0.25, 0.3) is 0 Å². The molecule has 0 atom stereocenters. The van der Waals surface area contributed by atoms with Crippen LogP contribution in [0.4, 0.5) is 0 Å². The minimum absolute atomic E-state index is 0.152. The Morgan fingerprint density at radius 1 is 1.54 bits per heavy atom. The highest BCUT2D eigenvalue weighted by Crippen LogP contribution is 2.30. The molecule has 3 nitrogen and oxygen atoms in total. The summed E-state index contributed by atoms with van der Waals surface area (Å²) < 4.78 is 0. The molecule has 0 spiro atoms. The molecule has 0 aromatic carbocycles. The van der Waals surface area contributed by atoms with Gasteiger partial charge in [0.25, 0.3) is 0 Å². The Balaban J connectivity index is 2.13. The molecule has 1 fully saturated rings. The van der Waals surface area contributed by atoms with Crippen LogP contribution in [-0.2, 0) is 5.54 Å². The van der Waals surface area contributed by atoms with Gasteiger partial charge in [0.05, 0.1) is 5.54 Å². The first-order valence-corrected chi connectivity index (χ1v) is 5.46. The van der Waals surface area contributed by atoms with E-state index in [2.05, 4.69) is 16.9 Å². The molecular formula is C9H15N3S. The molecule has 0 amide bonds. The van der Waals surface area contributed by atoms with Crippen LogP contribution in [0, 0.1) is 0 Å². The van der Waals surface area contributed by atoms with E-state index in [1.165, 1.54) is 0 Å². The van der Waals surface area contributed by atoms with Gasteiger partial charge >= 0.3 is 0 Å². The van der Waals surface area contributed by atoms with Crippen molar-refractivity contribution >= 4 is 11.3 Å². The van der Waals surface area contributed by atoms with Gasteiger partial charge in [-0.25, -0.2) is 4.98 Å². The number of aromatic nitrogens is 1. The molecule has 0 radical (unpaired) electrons. The van der Waals surface area contributed by atoms with Crippen molar-refractivity contribution in [2.75, 3.05) is 20.1 Å². The lowest BCUT2D eigenvalue weighted by Gasteiger charge is -2.36. The molecule has 4 heteroatoms. The van der Waals surface area contributed by atoms with E-state index in [0.717, 1.165) is 30.9 Å². The van der Waals surface area contributed by atoms with Gasteiger partial charge in [0.2, 0.25) is 0 Å². The van der Waals surface area contributed by atoms with Crippen molar-refractivity contribution in [3.8, 4) is 0 Å². The quantitative estimate of drug-likeness (QED) is 0.731. The molecule has 0 bridgehead atoms. The molecule has 1 aliphatic heterocycles. The van der Waals surface area contributed by atoms with E-state index in [0.29, 0.717) is 0 Å². The van der Waals surface area contributed by atoms with Crippen LogP contribution in [0.1, 0.15) is 17.8 Å². The third-order valence-corrected chi connectivity index (χ3v) is 3.73. The van der Waals surface area contributed by atoms with E-state index in [-0.39, 0.29) is 5.54 Å². The fourth-order valence-corrected chi connectivity index (χ4v) is 2.51. The summed E-state index contributed by atoms with van der Waals surface area (Å²) in [6.45, 7) is 2.16. The lowest BCUT2D eigenvalue weighted by Crippen LogP contribution is -2.46. The van der Waals surface area contributed by atoms with Gasteiger partial charge in [-0.05, 0) is 33.0 Å². The first-order valence-electron chi connectivity index (χ1n) is 4.58. The van der Waals surface area contributed by atoms with E-state index in [1.807, 2.05) is 11.6 Å². The second-order valence-electron chi connectivity index (χ2n) is 3.80. The maximum atomic E-state index is 6.31. The van der Waals surface area contributed by atoms with Gasteiger partial charge in [-0.1, -0.05) is 0 Å². The second-order valence-corrected chi connectivity index (χ2v) is 4.69. The van der Waals surface area contributed by atoms with Crippen molar-refractivity contribution in [1.82, 2.24) is 9.88 Å². The largest absolute Gasteiger partial charge is 0.319 e.